The zero-order valence-corrected chi connectivity index (χ0v) is 12.0. The highest BCUT2D eigenvalue weighted by Crippen LogP contribution is 2.17. The predicted octanol–water partition coefficient (Wildman–Crippen LogP) is 4.10. The van der Waals surface area contributed by atoms with Crippen LogP contribution in [-0.2, 0) is 12.8 Å². The normalized spacial score (nSPS) is 12.7. The van der Waals surface area contributed by atoms with Crippen LogP contribution < -0.4 is 0 Å². The highest BCUT2D eigenvalue weighted by molar-refractivity contribution is 5.25. The minimum atomic E-state index is -0.559. The molecule has 0 aliphatic heterocycles. The third-order valence-electron chi connectivity index (χ3n) is 3.53. The van der Waals surface area contributed by atoms with Crippen molar-refractivity contribution in [1.82, 2.24) is 0 Å². The first-order chi connectivity index (χ1) is 9.56. The highest BCUT2D eigenvalue weighted by Gasteiger charge is 2.10. The lowest BCUT2D eigenvalue weighted by Crippen LogP contribution is -2.14. The Kier molecular flexibility index (Phi) is 4.91. The molecule has 0 aliphatic rings. The van der Waals surface area contributed by atoms with Gasteiger partial charge in [-0.1, -0.05) is 56.3 Å². The second kappa shape index (κ2) is 6.67. The zero-order chi connectivity index (χ0) is 14.5. The van der Waals surface area contributed by atoms with E-state index in [1.165, 1.54) is 11.6 Å². The van der Waals surface area contributed by atoms with Crippen LogP contribution in [-0.4, -0.2) is 11.2 Å². The van der Waals surface area contributed by atoms with Crippen molar-refractivity contribution in [1.29, 1.82) is 0 Å². The number of benzene rings is 2. The molecule has 2 aromatic rings. The first kappa shape index (κ1) is 14.7. The third-order valence-corrected chi connectivity index (χ3v) is 3.53. The quantitative estimate of drug-likeness (QED) is 0.869. The fourth-order valence-corrected chi connectivity index (χ4v) is 2.30. The first-order valence-corrected chi connectivity index (χ1v) is 7.06. The van der Waals surface area contributed by atoms with E-state index >= 15 is 0 Å². The maximum atomic E-state index is 13.5. The van der Waals surface area contributed by atoms with Crippen molar-refractivity contribution < 1.29 is 9.50 Å². The third kappa shape index (κ3) is 3.91. The van der Waals surface area contributed by atoms with Crippen molar-refractivity contribution in [3.8, 4) is 0 Å². The summed E-state index contributed by atoms with van der Waals surface area (Å²) in [6, 6.07) is 14.9. The summed E-state index contributed by atoms with van der Waals surface area (Å²) in [6.07, 6.45) is 0.336. The molecule has 0 saturated carbocycles. The molecule has 1 nitrogen and oxygen atoms in total. The van der Waals surface area contributed by atoms with Gasteiger partial charge >= 0.3 is 0 Å². The molecule has 0 bridgehead atoms. The minimum Gasteiger partial charge on any atom is -0.392 e. The van der Waals surface area contributed by atoms with Gasteiger partial charge in [0, 0.05) is 6.42 Å². The summed E-state index contributed by atoms with van der Waals surface area (Å²) < 4.78 is 13.5. The van der Waals surface area contributed by atoms with Crippen LogP contribution >= 0.6 is 0 Å². The summed E-state index contributed by atoms with van der Waals surface area (Å²) in [7, 11) is 0. The molecule has 0 saturated heterocycles. The second-order valence-electron chi connectivity index (χ2n) is 5.55. The van der Waals surface area contributed by atoms with Crippen LogP contribution in [0.15, 0.2) is 48.5 Å². The van der Waals surface area contributed by atoms with E-state index in [1.807, 2.05) is 12.1 Å². The van der Waals surface area contributed by atoms with Crippen molar-refractivity contribution >= 4 is 0 Å². The van der Waals surface area contributed by atoms with Gasteiger partial charge in [-0.3, -0.25) is 0 Å². The van der Waals surface area contributed by atoms with Crippen LogP contribution in [0.25, 0.3) is 0 Å². The number of halogens is 1. The molecular weight excluding hydrogens is 251 g/mol. The van der Waals surface area contributed by atoms with E-state index < -0.39 is 6.10 Å². The van der Waals surface area contributed by atoms with Crippen molar-refractivity contribution in [3.05, 3.63) is 71.0 Å². The summed E-state index contributed by atoms with van der Waals surface area (Å²) in [5, 5.41) is 10.1. The minimum absolute atomic E-state index is 0.248. The van der Waals surface area contributed by atoms with Crippen LogP contribution in [0.1, 0.15) is 36.5 Å². The molecule has 2 aromatic carbocycles. The van der Waals surface area contributed by atoms with Crippen molar-refractivity contribution in [2.45, 2.75) is 38.7 Å². The Morgan fingerprint density at radius 3 is 2.20 bits per heavy atom. The van der Waals surface area contributed by atoms with Crippen molar-refractivity contribution in [2.75, 3.05) is 0 Å². The van der Waals surface area contributed by atoms with Crippen LogP contribution in [0.2, 0.25) is 0 Å². The monoisotopic (exact) mass is 272 g/mol. The van der Waals surface area contributed by atoms with E-state index in [2.05, 4.69) is 26.0 Å². The van der Waals surface area contributed by atoms with Gasteiger partial charge in [0.15, 0.2) is 0 Å². The van der Waals surface area contributed by atoms with Crippen LogP contribution in [0, 0.1) is 5.82 Å². The molecule has 0 heterocycles. The number of rotatable bonds is 5. The molecular formula is C18H21FO. The zero-order valence-electron chi connectivity index (χ0n) is 12.0. The molecule has 0 aliphatic carbocycles. The summed E-state index contributed by atoms with van der Waals surface area (Å²) in [5.74, 6) is 0.258. The number of aliphatic hydroxyl groups is 1. The fourth-order valence-electron chi connectivity index (χ4n) is 2.30. The van der Waals surface area contributed by atoms with Gasteiger partial charge in [0.25, 0.3) is 0 Å². The second-order valence-corrected chi connectivity index (χ2v) is 5.55. The Morgan fingerprint density at radius 2 is 1.60 bits per heavy atom. The van der Waals surface area contributed by atoms with Crippen LogP contribution in [0.5, 0.6) is 0 Å². The molecule has 1 N–H and O–H groups in total. The Labute approximate surface area is 120 Å². The molecule has 20 heavy (non-hydrogen) atoms. The van der Waals surface area contributed by atoms with Gasteiger partial charge in [0.2, 0.25) is 0 Å². The SMILES string of the molecule is CC(C)c1ccc(CC(O)Cc2ccccc2F)cc1. The number of hydrogen-bond donors (Lipinski definition) is 1. The van der Waals surface area contributed by atoms with E-state index in [4.69, 9.17) is 0 Å². The fraction of sp³-hybridized carbons (Fsp3) is 0.333. The molecule has 0 aromatic heterocycles. The Bertz CT molecular complexity index is 546. The first-order valence-electron chi connectivity index (χ1n) is 7.06. The van der Waals surface area contributed by atoms with Crippen LogP contribution in [0.3, 0.4) is 0 Å². The van der Waals surface area contributed by atoms with E-state index in [0.717, 1.165) is 5.56 Å². The molecule has 0 amide bonds. The molecule has 1 atom stereocenters. The van der Waals surface area contributed by atoms with Gasteiger partial charge in [-0.2, -0.15) is 0 Å². The smallest absolute Gasteiger partial charge is 0.126 e. The summed E-state index contributed by atoms with van der Waals surface area (Å²) in [4.78, 5) is 0. The molecule has 2 rings (SSSR count). The van der Waals surface area contributed by atoms with Crippen molar-refractivity contribution in [3.63, 3.8) is 0 Å². The molecule has 0 spiro atoms. The predicted molar refractivity (Wildman–Crippen MR) is 80.3 cm³/mol. The average molecular weight is 272 g/mol. The number of hydrogen-bond acceptors (Lipinski definition) is 1. The Hall–Kier alpha value is -1.67. The van der Waals surface area contributed by atoms with E-state index in [-0.39, 0.29) is 5.82 Å². The van der Waals surface area contributed by atoms with Gasteiger partial charge in [0.1, 0.15) is 5.82 Å². The van der Waals surface area contributed by atoms with E-state index in [9.17, 15) is 9.50 Å². The van der Waals surface area contributed by atoms with E-state index in [1.54, 1.807) is 18.2 Å². The molecule has 1 unspecified atom stereocenters. The summed E-state index contributed by atoms with van der Waals surface area (Å²) in [6.45, 7) is 4.31. The van der Waals surface area contributed by atoms with E-state index in [0.29, 0.717) is 24.3 Å². The maximum Gasteiger partial charge on any atom is 0.126 e. The maximum absolute atomic E-state index is 13.5. The van der Waals surface area contributed by atoms with Crippen molar-refractivity contribution in [2.24, 2.45) is 0 Å². The van der Waals surface area contributed by atoms with Gasteiger partial charge in [-0.05, 0) is 35.1 Å². The Balaban J connectivity index is 1.97. The molecule has 2 heteroatoms. The molecule has 0 fully saturated rings. The summed E-state index contributed by atoms with van der Waals surface area (Å²) in [5.41, 5.74) is 2.94. The number of aliphatic hydroxyl groups excluding tert-OH is 1. The average Bonchev–Trinajstić information content (AvgIpc) is 2.42. The summed E-state index contributed by atoms with van der Waals surface area (Å²) >= 11 is 0. The highest BCUT2D eigenvalue weighted by atomic mass is 19.1. The largest absolute Gasteiger partial charge is 0.392 e. The van der Waals surface area contributed by atoms with Gasteiger partial charge in [-0.15, -0.1) is 0 Å². The Morgan fingerprint density at radius 1 is 0.950 bits per heavy atom. The van der Waals surface area contributed by atoms with Gasteiger partial charge in [-0.25, -0.2) is 4.39 Å². The molecule has 0 radical (unpaired) electrons. The standard InChI is InChI=1S/C18H21FO/c1-13(2)15-9-7-14(8-10-15)11-17(20)12-16-5-3-4-6-18(16)19/h3-10,13,17,20H,11-12H2,1-2H3. The lowest BCUT2D eigenvalue weighted by Gasteiger charge is -2.12. The van der Waals surface area contributed by atoms with Gasteiger partial charge < -0.3 is 5.11 Å². The lowest BCUT2D eigenvalue weighted by molar-refractivity contribution is 0.174. The molecule has 106 valence electrons. The topological polar surface area (TPSA) is 20.2 Å². The van der Waals surface area contributed by atoms with Crippen LogP contribution in [0.4, 0.5) is 4.39 Å². The lowest BCUT2D eigenvalue weighted by atomic mass is 9.97. The van der Waals surface area contributed by atoms with Gasteiger partial charge in [0.05, 0.1) is 6.10 Å².